The number of piperazine rings is 1. The van der Waals surface area contributed by atoms with Crippen LogP contribution >= 0.6 is 12.2 Å². The molecule has 1 aliphatic rings. The fraction of sp³-hybridized carbons (Fsp3) is 0.348. The van der Waals surface area contributed by atoms with Gasteiger partial charge < -0.3 is 14.5 Å². The summed E-state index contributed by atoms with van der Waals surface area (Å²) >= 11 is 5.39. The summed E-state index contributed by atoms with van der Waals surface area (Å²) in [5.74, 6) is 1.61. The number of hydrogen-bond acceptors (Lipinski definition) is 5. The van der Waals surface area contributed by atoms with E-state index in [2.05, 4.69) is 21.2 Å². The molecule has 1 amide bonds. The van der Waals surface area contributed by atoms with Crippen molar-refractivity contribution in [2.75, 3.05) is 37.7 Å². The smallest absolute Gasteiger partial charge is 0.242 e. The summed E-state index contributed by atoms with van der Waals surface area (Å²) in [7, 11) is 0. The van der Waals surface area contributed by atoms with Gasteiger partial charge >= 0.3 is 0 Å². The molecule has 0 bridgehead atoms. The summed E-state index contributed by atoms with van der Waals surface area (Å²) in [5, 5.41) is 7.17. The molecule has 1 N–H and O–H groups in total. The van der Waals surface area contributed by atoms with E-state index in [1.165, 1.54) is 5.56 Å². The zero-order chi connectivity index (χ0) is 21.8. The van der Waals surface area contributed by atoms with Crippen molar-refractivity contribution in [3.8, 4) is 17.1 Å². The number of rotatable bonds is 6. The lowest BCUT2D eigenvalue weighted by molar-refractivity contribution is -0.132. The number of ether oxygens (including phenoxy) is 1. The fourth-order valence-electron chi connectivity index (χ4n) is 3.82. The second-order valence-electron chi connectivity index (χ2n) is 7.57. The fourth-order valence-corrected chi connectivity index (χ4v) is 4.01. The molecule has 2 aromatic carbocycles. The summed E-state index contributed by atoms with van der Waals surface area (Å²) in [6.45, 7) is 7.66. The summed E-state index contributed by atoms with van der Waals surface area (Å²) in [4.78, 5) is 17.2. The number of aryl methyl sites for hydroxylation is 1. The Morgan fingerprint density at radius 2 is 1.81 bits per heavy atom. The molecular formula is C23H27N5O2S. The number of nitrogens with one attached hydrogen (secondary N) is 1. The predicted octanol–water partition coefficient (Wildman–Crippen LogP) is 3.66. The van der Waals surface area contributed by atoms with Gasteiger partial charge in [-0.05, 0) is 38.2 Å². The van der Waals surface area contributed by atoms with Crippen molar-refractivity contribution in [3.05, 3.63) is 58.9 Å². The average Bonchev–Trinajstić information content (AvgIpc) is 3.15. The molecule has 1 saturated heterocycles. The van der Waals surface area contributed by atoms with Crippen molar-refractivity contribution in [3.63, 3.8) is 0 Å². The van der Waals surface area contributed by atoms with Crippen LogP contribution in [-0.4, -0.2) is 58.4 Å². The molecule has 4 rings (SSSR count). The summed E-state index contributed by atoms with van der Waals surface area (Å²) < 4.78 is 7.99. The topological polar surface area (TPSA) is 66.4 Å². The van der Waals surface area contributed by atoms with E-state index in [9.17, 15) is 4.79 Å². The number of H-pyrrole nitrogens is 1. The van der Waals surface area contributed by atoms with Crippen LogP contribution in [-0.2, 0) is 11.3 Å². The molecule has 0 unspecified atom stereocenters. The first-order chi connectivity index (χ1) is 15.1. The van der Waals surface area contributed by atoms with Gasteiger partial charge in [0.15, 0.2) is 10.6 Å². The monoisotopic (exact) mass is 437 g/mol. The van der Waals surface area contributed by atoms with E-state index >= 15 is 0 Å². The van der Waals surface area contributed by atoms with E-state index in [0.29, 0.717) is 30.3 Å². The van der Waals surface area contributed by atoms with Crippen molar-refractivity contribution in [2.24, 2.45) is 0 Å². The molecule has 2 heterocycles. The summed E-state index contributed by atoms with van der Waals surface area (Å²) in [6.07, 6.45) is 0. The molecule has 0 radical (unpaired) electrons. The van der Waals surface area contributed by atoms with Gasteiger partial charge in [0, 0.05) is 31.7 Å². The first kappa shape index (κ1) is 21.1. The highest BCUT2D eigenvalue weighted by Gasteiger charge is 2.24. The van der Waals surface area contributed by atoms with Gasteiger partial charge in [0.1, 0.15) is 12.3 Å². The molecular weight excluding hydrogens is 410 g/mol. The van der Waals surface area contributed by atoms with Gasteiger partial charge in [-0.3, -0.25) is 14.5 Å². The van der Waals surface area contributed by atoms with Crippen molar-refractivity contribution < 1.29 is 9.53 Å². The first-order valence-corrected chi connectivity index (χ1v) is 10.9. The molecule has 0 saturated carbocycles. The number of benzene rings is 2. The van der Waals surface area contributed by atoms with Gasteiger partial charge in [0.25, 0.3) is 0 Å². The number of anilines is 1. The van der Waals surface area contributed by atoms with Crippen LogP contribution in [0.5, 0.6) is 5.75 Å². The van der Waals surface area contributed by atoms with Crippen molar-refractivity contribution >= 4 is 23.8 Å². The molecule has 8 heteroatoms. The zero-order valence-electron chi connectivity index (χ0n) is 17.9. The average molecular weight is 438 g/mol. The van der Waals surface area contributed by atoms with E-state index in [1.807, 2.05) is 61.2 Å². The number of para-hydroxylation sites is 2. The predicted molar refractivity (Wildman–Crippen MR) is 124 cm³/mol. The van der Waals surface area contributed by atoms with E-state index in [0.717, 1.165) is 30.1 Å². The molecule has 0 spiro atoms. The molecule has 162 valence electrons. The Balaban J connectivity index is 1.43. The molecule has 1 aromatic heterocycles. The summed E-state index contributed by atoms with van der Waals surface area (Å²) in [5.41, 5.74) is 3.18. The van der Waals surface area contributed by atoms with Crippen LogP contribution in [0.3, 0.4) is 0 Å². The minimum Gasteiger partial charge on any atom is -0.492 e. The molecule has 3 aromatic rings. The van der Waals surface area contributed by atoms with E-state index < -0.39 is 0 Å². The van der Waals surface area contributed by atoms with Gasteiger partial charge in [-0.25, -0.2) is 0 Å². The van der Waals surface area contributed by atoms with Crippen molar-refractivity contribution in [1.29, 1.82) is 0 Å². The van der Waals surface area contributed by atoms with Crippen LogP contribution in [0.1, 0.15) is 12.5 Å². The lowest BCUT2D eigenvalue weighted by atomic mass is 10.1. The molecule has 31 heavy (non-hydrogen) atoms. The molecule has 7 nitrogen and oxygen atoms in total. The summed E-state index contributed by atoms with van der Waals surface area (Å²) in [6, 6.07) is 16.1. The van der Waals surface area contributed by atoms with Crippen LogP contribution in [0, 0.1) is 11.7 Å². The number of aromatic amines is 1. The van der Waals surface area contributed by atoms with Crippen LogP contribution in [0.2, 0.25) is 0 Å². The standard InChI is InChI=1S/C23H27N5O2S/c1-3-30-20-7-5-4-6-19(20)26-12-14-27(15-13-26)21(29)16-28-22(24-25-23(28)31)18-10-8-17(2)9-11-18/h4-11H,3,12-16H2,1-2H3,(H,25,31). The van der Waals surface area contributed by atoms with Crippen LogP contribution < -0.4 is 9.64 Å². The quantitative estimate of drug-likeness (QED) is 0.596. The maximum atomic E-state index is 13.0. The number of amides is 1. The van der Waals surface area contributed by atoms with Crippen LogP contribution in [0.4, 0.5) is 5.69 Å². The number of carbonyl (C=O) groups excluding carboxylic acids is 1. The first-order valence-electron chi connectivity index (χ1n) is 10.5. The van der Waals surface area contributed by atoms with Gasteiger partial charge in [0.2, 0.25) is 5.91 Å². The number of nitrogens with zero attached hydrogens (tertiary/aromatic N) is 4. The highest BCUT2D eigenvalue weighted by molar-refractivity contribution is 7.71. The SMILES string of the molecule is CCOc1ccccc1N1CCN(C(=O)Cn2c(-c3ccc(C)cc3)n[nH]c2=S)CC1. The lowest BCUT2D eigenvalue weighted by Crippen LogP contribution is -2.49. The number of aromatic nitrogens is 3. The van der Waals surface area contributed by atoms with E-state index in [1.54, 1.807) is 4.57 Å². The lowest BCUT2D eigenvalue weighted by Gasteiger charge is -2.36. The second-order valence-corrected chi connectivity index (χ2v) is 7.96. The van der Waals surface area contributed by atoms with Crippen molar-refractivity contribution in [2.45, 2.75) is 20.4 Å². The minimum absolute atomic E-state index is 0.0450. The Labute approximate surface area is 187 Å². The Morgan fingerprint density at radius 3 is 2.52 bits per heavy atom. The highest BCUT2D eigenvalue weighted by atomic mass is 32.1. The number of carbonyl (C=O) groups is 1. The highest BCUT2D eigenvalue weighted by Crippen LogP contribution is 2.29. The second kappa shape index (κ2) is 9.34. The van der Waals surface area contributed by atoms with Crippen LogP contribution in [0.15, 0.2) is 48.5 Å². The third-order valence-electron chi connectivity index (χ3n) is 5.50. The van der Waals surface area contributed by atoms with Gasteiger partial charge in [-0.15, -0.1) is 0 Å². The largest absolute Gasteiger partial charge is 0.492 e. The van der Waals surface area contributed by atoms with Crippen LogP contribution in [0.25, 0.3) is 11.4 Å². The Hall–Kier alpha value is -3.13. The molecule has 0 aliphatic carbocycles. The third-order valence-corrected chi connectivity index (χ3v) is 5.81. The Morgan fingerprint density at radius 1 is 1.10 bits per heavy atom. The van der Waals surface area contributed by atoms with E-state index in [-0.39, 0.29) is 12.5 Å². The maximum Gasteiger partial charge on any atom is 0.242 e. The number of hydrogen-bond donors (Lipinski definition) is 1. The Bertz CT molecular complexity index is 1100. The minimum atomic E-state index is 0.0450. The van der Waals surface area contributed by atoms with E-state index in [4.69, 9.17) is 17.0 Å². The third kappa shape index (κ3) is 4.64. The maximum absolute atomic E-state index is 13.0. The molecule has 0 atom stereocenters. The molecule has 1 aliphatic heterocycles. The Kier molecular flexibility index (Phi) is 6.36. The van der Waals surface area contributed by atoms with Gasteiger partial charge in [-0.1, -0.05) is 42.0 Å². The van der Waals surface area contributed by atoms with Gasteiger partial charge in [0.05, 0.1) is 12.3 Å². The zero-order valence-corrected chi connectivity index (χ0v) is 18.7. The molecule has 1 fully saturated rings. The van der Waals surface area contributed by atoms with Gasteiger partial charge in [-0.2, -0.15) is 5.10 Å². The van der Waals surface area contributed by atoms with Crippen molar-refractivity contribution in [1.82, 2.24) is 19.7 Å². The normalized spacial score (nSPS) is 14.0.